The Morgan fingerprint density at radius 3 is 1.61 bits per heavy atom. The molecule has 0 unspecified atom stereocenters. The van der Waals surface area contributed by atoms with Crippen molar-refractivity contribution in [2.24, 2.45) is 0 Å². The number of Topliss-reactive ketones (excluding diaryl/α,β-unsaturated/α-hetero) is 1. The molecule has 3 aromatic rings. The Bertz CT molecular complexity index is 899. The van der Waals surface area contributed by atoms with Gasteiger partial charge in [0.1, 0.15) is 0 Å². The van der Waals surface area contributed by atoms with Crippen LogP contribution in [-0.4, -0.2) is 41.3 Å². The Balaban J connectivity index is 1.86. The van der Waals surface area contributed by atoms with E-state index in [2.05, 4.69) is 60.7 Å². The first-order valence-electron chi connectivity index (χ1n) is 9.27. The molecule has 1 aliphatic rings. The van der Waals surface area contributed by atoms with Crippen molar-refractivity contribution in [2.45, 2.75) is 28.8 Å². The normalized spacial score (nSPS) is 20.2. The number of hydrogen-bond donors (Lipinski definition) is 0. The second-order valence-electron chi connectivity index (χ2n) is 7.25. The number of hydrogen-bond acceptors (Lipinski definition) is 2. The number of rotatable bonds is 5. The van der Waals surface area contributed by atoms with Crippen LogP contribution < -0.4 is 8.92 Å². The first-order valence-corrected chi connectivity index (χ1v) is 12.7. The fraction of sp³-hybridized carbons (Fsp3) is 0.208. The summed E-state index contributed by atoms with van der Waals surface area (Å²) in [4.78, 5) is 13.8. The molecule has 2 nitrogen and oxygen atoms in total. The van der Waals surface area contributed by atoms with Gasteiger partial charge in [-0.25, -0.2) is 0 Å². The van der Waals surface area contributed by atoms with Gasteiger partial charge in [0.2, 0.25) is 0 Å². The summed E-state index contributed by atoms with van der Waals surface area (Å²) in [5, 5.41) is 0. The maximum absolute atomic E-state index is 13.8. The Morgan fingerprint density at radius 1 is 0.714 bits per heavy atom. The van der Waals surface area contributed by atoms with Crippen molar-refractivity contribution in [2.75, 3.05) is 0 Å². The number of ketones is 1. The van der Waals surface area contributed by atoms with Crippen molar-refractivity contribution in [1.29, 1.82) is 0 Å². The van der Waals surface area contributed by atoms with Crippen LogP contribution in [-0.2, 0) is 9.53 Å². The number of benzene rings is 3. The van der Waals surface area contributed by atoms with E-state index in [1.165, 1.54) is 8.92 Å². The van der Waals surface area contributed by atoms with E-state index in [-0.39, 0.29) is 41.8 Å². The predicted molar refractivity (Wildman–Crippen MR) is 116 cm³/mol. The summed E-state index contributed by atoms with van der Waals surface area (Å²) in [5.74, 6) is 0.238. The summed E-state index contributed by atoms with van der Waals surface area (Å²) in [6.45, 7) is 3.85. The predicted octanol–water partition coefficient (Wildman–Crippen LogP) is 3.28. The van der Waals surface area contributed by atoms with Gasteiger partial charge in [0.25, 0.3) is 0 Å². The molecule has 0 aromatic heterocycles. The van der Waals surface area contributed by atoms with Gasteiger partial charge in [0, 0.05) is 0 Å². The molecule has 0 amide bonds. The van der Waals surface area contributed by atoms with Gasteiger partial charge in [-0.1, -0.05) is 0 Å². The SMILES string of the molecule is CC1(C)O[C@H](c2ccccc2)C([Se]c2ccccc2)([Se]c2ccccc2)C1=O. The molecule has 3 aromatic carbocycles. The molecule has 1 saturated heterocycles. The second-order valence-corrected chi connectivity index (χ2v) is 14.1. The molecule has 1 atom stereocenters. The summed E-state index contributed by atoms with van der Waals surface area (Å²) in [6.07, 6.45) is -0.225. The van der Waals surface area contributed by atoms with Gasteiger partial charge < -0.3 is 0 Å². The molecule has 0 bridgehead atoms. The van der Waals surface area contributed by atoms with E-state index >= 15 is 0 Å². The van der Waals surface area contributed by atoms with Gasteiger partial charge in [-0.05, 0) is 0 Å². The molecular weight excluding hydrogens is 478 g/mol. The molecular formula is C24H22O2Se2. The molecule has 1 fully saturated rings. The van der Waals surface area contributed by atoms with Crippen LogP contribution in [0, 0.1) is 0 Å². The van der Waals surface area contributed by atoms with Gasteiger partial charge in [-0.2, -0.15) is 0 Å². The third-order valence-corrected chi connectivity index (χ3v) is 11.6. The van der Waals surface area contributed by atoms with Crippen molar-refractivity contribution < 1.29 is 9.53 Å². The van der Waals surface area contributed by atoms with Crippen molar-refractivity contribution >= 4 is 44.6 Å². The minimum atomic E-state index is -0.784. The molecule has 0 N–H and O–H groups in total. The zero-order valence-corrected chi connectivity index (χ0v) is 19.3. The van der Waals surface area contributed by atoms with E-state index in [1.807, 2.05) is 44.2 Å². The van der Waals surface area contributed by atoms with Crippen molar-refractivity contribution in [1.82, 2.24) is 0 Å². The van der Waals surface area contributed by atoms with Crippen LogP contribution in [0.1, 0.15) is 25.5 Å². The first-order chi connectivity index (χ1) is 13.5. The number of carbonyl (C=O) groups excluding carboxylic acids is 1. The molecule has 28 heavy (non-hydrogen) atoms. The molecule has 4 heteroatoms. The number of ether oxygens (including phenoxy) is 1. The van der Waals surface area contributed by atoms with Crippen LogP contribution in [0.15, 0.2) is 91.0 Å². The van der Waals surface area contributed by atoms with Crippen LogP contribution in [0.2, 0.25) is 3.21 Å². The van der Waals surface area contributed by atoms with Gasteiger partial charge >= 0.3 is 179 Å². The van der Waals surface area contributed by atoms with Crippen molar-refractivity contribution in [3.63, 3.8) is 0 Å². The number of carbonyl (C=O) groups is 1. The molecule has 1 heterocycles. The molecule has 0 radical (unpaired) electrons. The van der Waals surface area contributed by atoms with E-state index in [1.54, 1.807) is 0 Å². The molecule has 0 aliphatic carbocycles. The van der Waals surface area contributed by atoms with Crippen LogP contribution >= 0.6 is 0 Å². The quantitative estimate of drug-likeness (QED) is 0.503. The van der Waals surface area contributed by atoms with E-state index in [0.717, 1.165) is 5.56 Å². The molecule has 142 valence electrons. The third-order valence-electron chi connectivity index (χ3n) is 4.75. The second kappa shape index (κ2) is 7.99. The monoisotopic (exact) mass is 502 g/mol. The van der Waals surface area contributed by atoms with E-state index < -0.39 is 8.81 Å². The van der Waals surface area contributed by atoms with Gasteiger partial charge in [-0.3, -0.25) is 0 Å². The minimum absolute atomic E-state index is 0.0462. The van der Waals surface area contributed by atoms with E-state index in [9.17, 15) is 4.79 Å². The Kier molecular flexibility index (Phi) is 5.60. The fourth-order valence-corrected chi connectivity index (χ4v) is 11.4. The Morgan fingerprint density at radius 2 is 1.14 bits per heavy atom. The van der Waals surface area contributed by atoms with Crippen molar-refractivity contribution in [3.8, 4) is 0 Å². The van der Waals surface area contributed by atoms with Crippen LogP contribution in [0.4, 0.5) is 0 Å². The van der Waals surface area contributed by atoms with E-state index in [4.69, 9.17) is 4.74 Å². The van der Waals surface area contributed by atoms with Gasteiger partial charge in [-0.15, -0.1) is 0 Å². The zero-order valence-electron chi connectivity index (χ0n) is 15.9. The Labute approximate surface area is 179 Å². The summed E-state index contributed by atoms with van der Waals surface area (Å²) in [7, 11) is 0. The van der Waals surface area contributed by atoms with Crippen LogP contribution in [0.5, 0.6) is 0 Å². The average molecular weight is 500 g/mol. The Hall–Kier alpha value is -1.67. The zero-order chi connectivity index (χ0) is 19.6. The summed E-state index contributed by atoms with van der Waals surface area (Å²) < 4.78 is 8.45. The first kappa shape index (κ1) is 19.6. The average Bonchev–Trinajstić information content (AvgIpc) is 2.91. The molecule has 0 spiro atoms. The molecule has 0 saturated carbocycles. The maximum atomic E-state index is 13.8. The topological polar surface area (TPSA) is 26.3 Å². The summed E-state index contributed by atoms with van der Waals surface area (Å²) in [6, 6.07) is 31.1. The van der Waals surface area contributed by atoms with Gasteiger partial charge in [0.05, 0.1) is 0 Å². The summed E-state index contributed by atoms with van der Waals surface area (Å²) >= 11 is -0.0923. The fourth-order valence-electron chi connectivity index (χ4n) is 3.43. The standard InChI is InChI=1S/C24H22O2Se2/c1-23(2)22(25)24(27-19-14-8-4-9-15-19,28-20-16-10-5-11-17-20)21(26-23)18-12-6-3-7-13-18/h3-17,21H,1-2H3/t21-/m1/s1. The third kappa shape index (κ3) is 3.76. The van der Waals surface area contributed by atoms with Crippen LogP contribution in [0.3, 0.4) is 0 Å². The van der Waals surface area contributed by atoms with Crippen LogP contribution in [0.25, 0.3) is 0 Å². The molecule has 1 aliphatic heterocycles. The van der Waals surface area contributed by atoms with E-state index in [0.29, 0.717) is 0 Å². The molecule has 4 rings (SSSR count). The van der Waals surface area contributed by atoms with Gasteiger partial charge in [0.15, 0.2) is 0 Å². The summed E-state index contributed by atoms with van der Waals surface area (Å²) in [5.41, 5.74) is 0.310. The van der Waals surface area contributed by atoms with Crippen molar-refractivity contribution in [3.05, 3.63) is 96.6 Å².